The second-order valence-electron chi connectivity index (χ2n) is 7.34. The number of benzene rings is 2. The Morgan fingerprint density at radius 1 is 1.03 bits per heavy atom. The molecule has 0 saturated carbocycles. The van der Waals surface area contributed by atoms with E-state index in [4.69, 9.17) is 16.3 Å². The van der Waals surface area contributed by atoms with Gasteiger partial charge in [0.05, 0.1) is 16.2 Å². The number of alkyl halides is 3. The van der Waals surface area contributed by atoms with Crippen molar-refractivity contribution in [2.75, 3.05) is 32.8 Å². The molecule has 0 radical (unpaired) electrons. The molecule has 1 fully saturated rings. The number of piperazine rings is 1. The highest BCUT2D eigenvalue weighted by molar-refractivity contribution is 7.89. The van der Waals surface area contributed by atoms with E-state index in [1.165, 1.54) is 4.90 Å². The number of fused-ring (bicyclic) bond motifs is 1. The van der Waals surface area contributed by atoms with Crippen LogP contribution in [0, 0.1) is 0 Å². The van der Waals surface area contributed by atoms with Gasteiger partial charge in [-0.1, -0.05) is 29.8 Å². The summed E-state index contributed by atoms with van der Waals surface area (Å²) in [6, 6.07) is 9.47. The summed E-state index contributed by atoms with van der Waals surface area (Å²) in [7, 11) is -4.27. The summed E-state index contributed by atoms with van der Waals surface area (Å²) >= 11 is 5.91. The maximum atomic E-state index is 13.0. The Morgan fingerprint density at radius 2 is 1.72 bits per heavy atom. The fourth-order valence-electron chi connectivity index (χ4n) is 3.59. The highest BCUT2D eigenvalue weighted by Gasteiger charge is 2.36. The Labute approximate surface area is 187 Å². The van der Waals surface area contributed by atoms with Crippen LogP contribution in [0.5, 0.6) is 5.75 Å². The zero-order chi connectivity index (χ0) is 23.1. The van der Waals surface area contributed by atoms with Crippen LogP contribution in [0.3, 0.4) is 0 Å². The second-order valence-corrected chi connectivity index (χ2v) is 9.65. The van der Waals surface area contributed by atoms with Gasteiger partial charge in [0.1, 0.15) is 17.3 Å². The van der Waals surface area contributed by atoms with E-state index in [0.717, 1.165) is 22.0 Å². The number of amides is 1. The lowest BCUT2D eigenvalue weighted by Crippen LogP contribution is -2.51. The zero-order valence-corrected chi connectivity index (χ0v) is 18.2. The van der Waals surface area contributed by atoms with Crippen molar-refractivity contribution in [1.29, 1.82) is 0 Å². The summed E-state index contributed by atoms with van der Waals surface area (Å²) in [5, 5.41) is -0.292. The van der Waals surface area contributed by atoms with Crippen molar-refractivity contribution in [2.45, 2.75) is 11.1 Å². The van der Waals surface area contributed by atoms with Crippen molar-refractivity contribution in [1.82, 2.24) is 9.21 Å². The van der Waals surface area contributed by atoms with E-state index in [0.29, 0.717) is 17.4 Å². The lowest BCUT2D eigenvalue weighted by Gasteiger charge is -2.35. The summed E-state index contributed by atoms with van der Waals surface area (Å²) in [5.74, 6) is 0.409. The third kappa shape index (κ3) is 4.35. The first-order chi connectivity index (χ1) is 15.1. The summed E-state index contributed by atoms with van der Waals surface area (Å²) in [6.07, 6.45) is -2.96. The van der Waals surface area contributed by atoms with E-state index in [-0.39, 0.29) is 43.7 Å². The van der Waals surface area contributed by atoms with Gasteiger partial charge >= 0.3 is 6.18 Å². The average molecular weight is 487 g/mol. The van der Waals surface area contributed by atoms with Crippen LogP contribution in [0.25, 0.3) is 6.08 Å². The molecule has 1 amide bonds. The van der Waals surface area contributed by atoms with Gasteiger partial charge in [-0.15, -0.1) is 0 Å². The molecule has 0 atom stereocenters. The van der Waals surface area contributed by atoms with E-state index in [1.807, 2.05) is 18.2 Å². The molecule has 4 rings (SSSR count). The SMILES string of the molecule is O=C(C1=Cc2ccccc2OC1)N1CCN(S(=O)(=O)c2cc(C(F)(F)F)ccc2Cl)CC1. The quantitative estimate of drug-likeness (QED) is 0.664. The standard InChI is InChI=1S/C21H18ClF3N2O4S/c22-17-6-5-16(21(23,24)25)12-19(17)32(29,30)27-9-7-26(8-10-27)20(28)15-11-14-3-1-2-4-18(14)31-13-15/h1-6,11-12H,7-10,13H2. The first-order valence-corrected chi connectivity index (χ1v) is 11.5. The summed E-state index contributed by atoms with van der Waals surface area (Å²) in [6.45, 7) is 0.159. The van der Waals surface area contributed by atoms with Crippen LogP contribution in [-0.4, -0.2) is 56.3 Å². The maximum absolute atomic E-state index is 13.0. The van der Waals surface area contributed by atoms with Crippen LogP contribution < -0.4 is 4.74 Å². The first kappa shape index (κ1) is 22.6. The molecule has 0 N–H and O–H groups in total. The predicted octanol–water partition coefficient (Wildman–Crippen LogP) is 3.67. The summed E-state index contributed by atoms with van der Waals surface area (Å²) in [5.41, 5.74) is 0.127. The number of halogens is 4. The van der Waals surface area contributed by atoms with E-state index in [1.54, 1.807) is 12.1 Å². The van der Waals surface area contributed by atoms with Crippen LogP contribution >= 0.6 is 11.6 Å². The minimum atomic E-state index is -4.70. The molecule has 0 bridgehead atoms. The van der Waals surface area contributed by atoms with Crippen LogP contribution in [-0.2, 0) is 21.0 Å². The highest BCUT2D eigenvalue weighted by Crippen LogP contribution is 2.34. The molecule has 2 aliphatic heterocycles. The number of hydrogen-bond acceptors (Lipinski definition) is 4. The van der Waals surface area contributed by atoms with E-state index >= 15 is 0 Å². The second kappa shape index (κ2) is 8.42. The molecule has 0 aromatic heterocycles. The van der Waals surface area contributed by atoms with Crippen LogP contribution in [0.2, 0.25) is 5.02 Å². The molecule has 11 heteroatoms. The van der Waals surface area contributed by atoms with Gasteiger partial charge in [0.25, 0.3) is 5.91 Å². The number of ether oxygens (including phenoxy) is 1. The monoisotopic (exact) mass is 486 g/mol. The molecule has 2 aromatic rings. The Balaban J connectivity index is 1.48. The van der Waals surface area contributed by atoms with E-state index in [2.05, 4.69) is 0 Å². The van der Waals surface area contributed by atoms with Gasteiger partial charge < -0.3 is 9.64 Å². The Bertz CT molecular complexity index is 1190. The molecule has 0 spiro atoms. The van der Waals surface area contributed by atoms with Gasteiger partial charge in [-0.25, -0.2) is 8.42 Å². The number of nitrogens with zero attached hydrogens (tertiary/aromatic N) is 2. The fourth-order valence-corrected chi connectivity index (χ4v) is 5.51. The minimum absolute atomic E-state index is 0.0641. The number of rotatable bonds is 3. The number of para-hydroxylation sites is 1. The number of carbonyl (C=O) groups is 1. The normalized spacial score (nSPS) is 17.4. The molecule has 6 nitrogen and oxygen atoms in total. The van der Waals surface area contributed by atoms with E-state index < -0.39 is 26.7 Å². The topological polar surface area (TPSA) is 66.9 Å². The van der Waals surface area contributed by atoms with Crippen LogP contribution in [0.4, 0.5) is 13.2 Å². The Morgan fingerprint density at radius 3 is 2.41 bits per heavy atom. The van der Waals surface area contributed by atoms with Gasteiger partial charge in [0.2, 0.25) is 10.0 Å². The van der Waals surface area contributed by atoms with Crippen molar-refractivity contribution in [2.24, 2.45) is 0 Å². The van der Waals surface area contributed by atoms with Gasteiger partial charge in [-0.3, -0.25) is 4.79 Å². The minimum Gasteiger partial charge on any atom is -0.488 e. The summed E-state index contributed by atoms with van der Waals surface area (Å²) < 4.78 is 71.6. The van der Waals surface area contributed by atoms with Gasteiger partial charge in [0.15, 0.2) is 0 Å². The zero-order valence-electron chi connectivity index (χ0n) is 16.6. The largest absolute Gasteiger partial charge is 0.488 e. The number of carbonyl (C=O) groups excluding carboxylic acids is 1. The van der Waals surface area contributed by atoms with Crippen molar-refractivity contribution >= 4 is 33.6 Å². The van der Waals surface area contributed by atoms with Crippen molar-refractivity contribution < 1.29 is 31.1 Å². The first-order valence-electron chi connectivity index (χ1n) is 9.66. The lowest BCUT2D eigenvalue weighted by molar-refractivity contribution is -0.137. The maximum Gasteiger partial charge on any atom is 0.416 e. The Kier molecular flexibility index (Phi) is 5.95. The predicted molar refractivity (Wildman–Crippen MR) is 112 cm³/mol. The molecule has 2 heterocycles. The molecule has 32 heavy (non-hydrogen) atoms. The molecule has 1 saturated heterocycles. The summed E-state index contributed by atoms with van der Waals surface area (Å²) in [4.78, 5) is 13.8. The van der Waals surface area contributed by atoms with E-state index in [9.17, 15) is 26.4 Å². The van der Waals surface area contributed by atoms with Crippen LogP contribution in [0.1, 0.15) is 11.1 Å². The van der Waals surface area contributed by atoms with Crippen molar-refractivity contribution in [3.8, 4) is 5.75 Å². The lowest BCUT2D eigenvalue weighted by atomic mass is 10.1. The van der Waals surface area contributed by atoms with Gasteiger partial charge in [-0.05, 0) is 30.3 Å². The Hall–Kier alpha value is -2.56. The van der Waals surface area contributed by atoms with Crippen molar-refractivity contribution in [3.63, 3.8) is 0 Å². The fraction of sp³-hybridized carbons (Fsp3) is 0.286. The molecule has 0 aliphatic carbocycles. The van der Waals surface area contributed by atoms with Crippen molar-refractivity contribution in [3.05, 3.63) is 64.2 Å². The highest BCUT2D eigenvalue weighted by atomic mass is 35.5. The molecule has 0 unspecified atom stereocenters. The van der Waals surface area contributed by atoms with Gasteiger partial charge in [0, 0.05) is 31.7 Å². The molecular weight excluding hydrogens is 469 g/mol. The number of hydrogen-bond donors (Lipinski definition) is 0. The third-order valence-corrected chi connectivity index (χ3v) is 7.69. The molecule has 2 aromatic carbocycles. The molecule has 2 aliphatic rings. The number of sulfonamides is 1. The average Bonchev–Trinajstić information content (AvgIpc) is 2.77. The molecule has 170 valence electrons. The smallest absolute Gasteiger partial charge is 0.416 e. The van der Waals surface area contributed by atoms with Gasteiger partial charge in [-0.2, -0.15) is 17.5 Å². The van der Waals surface area contributed by atoms with Crippen LogP contribution in [0.15, 0.2) is 52.9 Å². The third-order valence-electron chi connectivity index (χ3n) is 5.31. The molecular formula is C21H18ClF3N2O4S.